The molecule has 1 atom stereocenters. The van der Waals surface area contributed by atoms with Crippen molar-refractivity contribution in [2.75, 3.05) is 0 Å². The van der Waals surface area contributed by atoms with Crippen LogP contribution >= 0.6 is 23.4 Å². The lowest BCUT2D eigenvalue weighted by Gasteiger charge is -2.26. The van der Waals surface area contributed by atoms with Gasteiger partial charge >= 0.3 is 6.18 Å². The fourth-order valence-electron chi connectivity index (χ4n) is 2.37. The van der Waals surface area contributed by atoms with E-state index in [9.17, 15) is 18.3 Å². The molecule has 3 rings (SSSR count). The summed E-state index contributed by atoms with van der Waals surface area (Å²) in [5.74, 6) is 0. The number of aromatic nitrogens is 1. The largest absolute Gasteiger partial charge is 0.421 e. The van der Waals surface area contributed by atoms with E-state index in [0.717, 1.165) is 16.0 Å². The molecule has 1 N–H and O–H groups in total. The van der Waals surface area contributed by atoms with Crippen molar-refractivity contribution in [1.82, 2.24) is 4.98 Å². The van der Waals surface area contributed by atoms with Gasteiger partial charge in [0.15, 0.2) is 5.60 Å². The van der Waals surface area contributed by atoms with Crippen molar-refractivity contribution in [3.8, 4) is 11.3 Å². The molecule has 2 aromatic carbocycles. The van der Waals surface area contributed by atoms with E-state index in [4.69, 9.17) is 11.6 Å². The van der Waals surface area contributed by atoms with E-state index in [1.807, 2.05) is 36.4 Å². The molecule has 0 aliphatic rings. The van der Waals surface area contributed by atoms with Crippen LogP contribution < -0.4 is 0 Å². The topological polar surface area (TPSA) is 33.1 Å². The number of benzene rings is 2. The lowest BCUT2D eigenvalue weighted by atomic mass is 9.96. The summed E-state index contributed by atoms with van der Waals surface area (Å²) in [5, 5.41) is 10.2. The second kappa shape index (κ2) is 7.54. The van der Waals surface area contributed by atoms with Gasteiger partial charge in [-0.05, 0) is 37.3 Å². The van der Waals surface area contributed by atoms with Gasteiger partial charge in [-0.15, -0.1) is 0 Å². The summed E-state index contributed by atoms with van der Waals surface area (Å²) in [4.78, 5) is 5.97. The van der Waals surface area contributed by atoms with E-state index in [1.54, 1.807) is 12.1 Å². The molecule has 1 unspecified atom stereocenters. The van der Waals surface area contributed by atoms with Crippen LogP contribution in [0, 0.1) is 0 Å². The smallest absolute Gasteiger partial charge is 0.376 e. The molecule has 0 bridgehead atoms. The first-order chi connectivity index (χ1) is 12.7. The zero-order chi connectivity index (χ0) is 19.7. The van der Waals surface area contributed by atoms with Crippen molar-refractivity contribution in [1.29, 1.82) is 0 Å². The van der Waals surface area contributed by atoms with Gasteiger partial charge in [0, 0.05) is 27.1 Å². The number of hydrogen-bond donors (Lipinski definition) is 1. The highest BCUT2D eigenvalue weighted by Crippen LogP contribution is 2.39. The molecule has 0 saturated carbocycles. The van der Waals surface area contributed by atoms with E-state index in [-0.39, 0.29) is 5.56 Å². The maximum absolute atomic E-state index is 12.9. The minimum Gasteiger partial charge on any atom is -0.376 e. The summed E-state index contributed by atoms with van der Waals surface area (Å²) in [5.41, 5.74) is -2.13. The molecule has 27 heavy (non-hydrogen) atoms. The quantitative estimate of drug-likeness (QED) is 0.547. The molecule has 140 valence electrons. The lowest BCUT2D eigenvalue weighted by molar-refractivity contribution is -0.259. The lowest BCUT2D eigenvalue weighted by Crippen LogP contribution is -2.39. The van der Waals surface area contributed by atoms with Crippen molar-refractivity contribution in [2.24, 2.45) is 0 Å². The Morgan fingerprint density at radius 2 is 1.70 bits per heavy atom. The first kappa shape index (κ1) is 19.7. The number of hydrogen-bond acceptors (Lipinski definition) is 3. The fraction of sp³-hybridized carbons (Fsp3) is 0.150. The summed E-state index contributed by atoms with van der Waals surface area (Å²) < 4.78 is 38.8. The Labute approximate surface area is 164 Å². The van der Waals surface area contributed by atoms with Crippen molar-refractivity contribution in [3.63, 3.8) is 0 Å². The first-order valence-electron chi connectivity index (χ1n) is 7.97. The van der Waals surface area contributed by atoms with Gasteiger partial charge in [0.25, 0.3) is 0 Å². The van der Waals surface area contributed by atoms with Gasteiger partial charge in [-0.3, -0.25) is 4.98 Å². The summed E-state index contributed by atoms with van der Waals surface area (Å²) in [6, 6.07) is 17.8. The predicted molar refractivity (Wildman–Crippen MR) is 101 cm³/mol. The van der Waals surface area contributed by atoms with Crippen molar-refractivity contribution in [3.05, 3.63) is 77.4 Å². The number of rotatable bonds is 4. The van der Waals surface area contributed by atoms with Gasteiger partial charge in [-0.25, -0.2) is 0 Å². The van der Waals surface area contributed by atoms with Crippen molar-refractivity contribution in [2.45, 2.75) is 28.5 Å². The molecule has 3 aromatic rings. The average Bonchev–Trinajstić information content (AvgIpc) is 2.63. The highest BCUT2D eigenvalue weighted by Gasteiger charge is 2.51. The van der Waals surface area contributed by atoms with Gasteiger partial charge in [0.05, 0.1) is 10.7 Å². The van der Waals surface area contributed by atoms with Gasteiger partial charge < -0.3 is 5.11 Å². The van der Waals surface area contributed by atoms with Crippen LogP contribution in [0.5, 0.6) is 0 Å². The molecule has 0 radical (unpaired) electrons. The van der Waals surface area contributed by atoms with Gasteiger partial charge in [0.1, 0.15) is 0 Å². The van der Waals surface area contributed by atoms with E-state index >= 15 is 0 Å². The summed E-state index contributed by atoms with van der Waals surface area (Å²) in [6.07, 6.45) is -3.75. The third-order valence-corrected chi connectivity index (χ3v) is 5.58. The first-order valence-corrected chi connectivity index (χ1v) is 9.16. The Kier molecular flexibility index (Phi) is 5.51. The van der Waals surface area contributed by atoms with Crippen LogP contribution in [-0.4, -0.2) is 16.3 Å². The maximum Gasteiger partial charge on any atom is 0.421 e. The van der Waals surface area contributed by atoms with Gasteiger partial charge in [-0.2, -0.15) is 13.2 Å². The monoisotopic (exact) mass is 409 g/mol. The second-order valence-corrected chi connectivity index (χ2v) is 7.58. The predicted octanol–water partition coefficient (Wildman–Crippen LogP) is 6.32. The standard InChI is InChI=1S/C20H15ClF3NOS/c1-19(26,20(22,23)24)14-8-9-17(25-12-14)13-7-10-18(16(21)11-13)27-15-5-3-2-4-6-15/h2-12,26H,1H3. The minimum absolute atomic E-state index is 0.318. The van der Waals surface area contributed by atoms with Crippen LogP contribution in [0.4, 0.5) is 13.2 Å². The average molecular weight is 410 g/mol. The molecule has 1 aromatic heterocycles. The van der Waals surface area contributed by atoms with E-state index < -0.39 is 11.8 Å². The number of alkyl halides is 3. The van der Waals surface area contributed by atoms with Gasteiger partial charge in [0.2, 0.25) is 0 Å². The van der Waals surface area contributed by atoms with Crippen LogP contribution in [0.25, 0.3) is 11.3 Å². The molecular formula is C20H15ClF3NOS. The summed E-state index contributed by atoms with van der Waals surface area (Å²) in [7, 11) is 0. The third kappa shape index (κ3) is 4.29. The van der Waals surface area contributed by atoms with Gasteiger partial charge in [-0.1, -0.05) is 53.7 Å². The zero-order valence-corrected chi connectivity index (χ0v) is 15.7. The molecule has 0 aliphatic carbocycles. The minimum atomic E-state index is -4.78. The maximum atomic E-state index is 12.9. The number of nitrogens with zero attached hydrogens (tertiary/aromatic N) is 1. The number of halogens is 4. The molecule has 0 amide bonds. The molecule has 0 saturated heterocycles. The fourth-order valence-corrected chi connectivity index (χ4v) is 3.51. The molecule has 0 fully saturated rings. The number of pyridine rings is 1. The SMILES string of the molecule is CC(O)(c1ccc(-c2ccc(Sc3ccccc3)c(Cl)c2)nc1)C(F)(F)F. The van der Waals surface area contributed by atoms with E-state index in [2.05, 4.69) is 4.98 Å². The Hall–Kier alpha value is -2.02. The summed E-state index contributed by atoms with van der Waals surface area (Å²) >= 11 is 7.87. The normalized spacial score (nSPS) is 14.0. The Balaban J connectivity index is 1.84. The third-order valence-electron chi connectivity index (χ3n) is 4.08. The van der Waals surface area contributed by atoms with Crippen LogP contribution in [-0.2, 0) is 5.60 Å². The second-order valence-electron chi connectivity index (χ2n) is 6.06. The van der Waals surface area contributed by atoms with E-state index in [1.165, 1.54) is 23.9 Å². The van der Waals surface area contributed by atoms with Crippen LogP contribution in [0.2, 0.25) is 5.02 Å². The molecule has 2 nitrogen and oxygen atoms in total. The highest BCUT2D eigenvalue weighted by atomic mass is 35.5. The van der Waals surface area contributed by atoms with Crippen molar-refractivity contribution >= 4 is 23.4 Å². The summed E-state index contributed by atoms with van der Waals surface area (Å²) in [6.45, 7) is 0.705. The van der Waals surface area contributed by atoms with Crippen LogP contribution in [0.1, 0.15) is 12.5 Å². The highest BCUT2D eigenvalue weighted by molar-refractivity contribution is 7.99. The Morgan fingerprint density at radius 3 is 2.26 bits per heavy atom. The van der Waals surface area contributed by atoms with Crippen molar-refractivity contribution < 1.29 is 18.3 Å². The molecule has 1 heterocycles. The molecule has 0 aliphatic heterocycles. The van der Waals surface area contributed by atoms with E-state index in [0.29, 0.717) is 23.2 Å². The molecule has 7 heteroatoms. The van der Waals surface area contributed by atoms with Crippen LogP contribution in [0.15, 0.2) is 76.7 Å². The molecule has 0 spiro atoms. The Bertz CT molecular complexity index is 928. The number of aliphatic hydroxyl groups is 1. The Morgan fingerprint density at radius 1 is 1.00 bits per heavy atom. The van der Waals surface area contributed by atoms with Crippen LogP contribution in [0.3, 0.4) is 0 Å². The molecular weight excluding hydrogens is 395 g/mol. The zero-order valence-electron chi connectivity index (χ0n) is 14.2.